The van der Waals surface area contributed by atoms with Crippen molar-refractivity contribution < 1.29 is 4.79 Å². The highest BCUT2D eigenvalue weighted by molar-refractivity contribution is 6.05. The van der Waals surface area contributed by atoms with E-state index in [0.29, 0.717) is 5.69 Å². The van der Waals surface area contributed by atoms with Crippen LogP contribution in [-0.2, 0) is 0 Å². The molecule has 2 heterocycles. The Labute approximate surface area is 87.5 Å². The van der Waals surface area contributed by atoms with Gasteiger partial charge in [-0.2, -0.15) is 0 Å². The van der Waals surface area contributed by atoms with Crippen molar-refractivity contribution in [1.82, 2.24) is 9.97 Å². The number of allylic oxidation sites excluding steroid dienone is 1. The summed E-state index contributed by atoms with van der Waals surface area (Å²) in [4.78, 5) is 18.4. The minimum atomic E-state index is -0.0381. The lowest BCUT2D eigenvalue weighted by Gasteiger charge is -1.91. The van der Waals surface area contributed by atoms with Gasteiger partial charge in [0.25, 0.3) is 0 Å². The molecule has 0 aliphatic heterocycles. The van der Waals surface area contributed by atoms with Crippen molar-refractivity contribution in [3.05, 3.63) is 60.2 Å². The Bertz CT molecular complexity index is 458. The number of hydrogen-bond acceptors (Lipinski definition) is 2. The van der Waals surface area contributed by atoms with Crippen molar-refractivity contribution in [2.24, 2.45) is 0 Å². The van der Waals surface area contributed by atoms with Gasteiger partial charge < -0.3 is 4.98 Å². The van der Waals surface area contributed by atoms with Crippen LogP contribution in [0.25, 0.3) is 6.08 Å². The topological polar surface area (TPSA) is 45.8 Å². The Morgan fingerprint density at radius 3 is 2.93 bits per heavy atom. The summed E-state index contributed by atoms with van der Waals surface area (Å²) in [5, 5.41) is 0. The van der Waals surface area contributed by atoms with E-state index in [-0.39, 0.29) is 5.78 Å². The van der Waals surface area contributed by atoms with Crippen LogP contribution in [0.1, 0.15) is 16.1 Å². The first-order chi connectivity index (χ1) is 7.36. The first-order valence-electron chi connectivity index (χ1n) is 4.62. The van der Waals surface area contributed by atoms with Gasteiger partial charge in [0, 0.05) is 18.6 Å². The summed E-state index contributed by atoms with van der Waals surface area (Å²) in [5.41, 5.74) is 1.51. The molecule has 0 aromatic carbocycles. The second-order valence-corrected chi connectivity index (χ2v) is 3.07. The summed E-state index contributed by atoms with van der Waals surface area (Å²) >= 11 is 0. The van der Waals surface area contributed by atoms with Crippen molar-refractivity contribution >= 4 is 11.9 Å². The largest absolute Gasteiger partial charge is 0.359 e. The molecule has 2 aromatic rings. The molecule has 3 nitrogen and oxygen atoms in total. The minimum absolute atomic E-state index is 0.0381. The maximum absolute atomic E-state index is 11.5. The molecule has 0 atom stereocenters. The predicted octanol–water partition coefficient (Wildman–Crippen LogP) is 2.31. The van der Waals surface area contributed by atoms with E-state index in [1.807, 2.05) is 12.1 Å². The smallest absolute Gasteiger partial charge is 0.201 e. The molecule has 0 saturated carbocycles. The summed E-state index contributed by atoms with van der Waals surface area (Å²) in [7, 11) is 0. The number of rotatable bonds is 3. The van der Waals surface area contributed by atoms with Crippen LogP contribution in [0.5, 0.6) is 0 Å². The van der Waals surface area contributed by atoms with E-state index in [1.54, 1.807) is 36.8 Å². The van der Waals surface area contributed by atoms with Crippen LogP contribution in [0, 0.1) is 0 Å². The van der Waals surface area contributed by atoms with Gasteiger partial charge in [-0.15, -0.1) is 0 Å². The van der Waals surface area contributed by atoms with Crippen molar-refractivity contribution in [2.45, 2.75) is 0 Å². The Balaban J connectivity index is 2.10. The Kier molecular flexibility index (Phi) is 2.74. The predicted molar refractivity (Wildman–Crippen MR) is 58.4 cm³/mol. The van der Waals surface area contributed by atoms with Crippen LogP contribution in [0.2, 0.25) is 0 Å². The van der Waals surface area contributed by atoms with Gasteiger partial charge in [-0.1, -0.05) is 6.07 Å². The molecule has 0 unspecified atom stereocenters. The molecular weight excluding hydrogens is 188 g/mol. The molecule has 1 N–H and O–H groups in total. The number of carbonyl (C=O) groups is 1. The van der Waals surface area contributed by atoms with E-state index in [4.69, 9.17) is 0 Å². The SMILES string of the molecule is O=C(C=Cc1cccnc1)c1ccc[nH]1. The highest BCUT2D eigenvalue weighted by Crippen LogP contribution is 2.02. The maximum Gasteiger partial charge on any atom is 0.201 e. The quantitative estimate of drug-likeness (QED) is 0.607. The zero-order chi connectivity index (χ0) is 10.5. The molecular formula is C12H10N2O. The van der Waals surface area contributed by atoms with E-state index < -0.39 is 0 Å². The standard InChI is InChI=1S/C12H10N2O/c15-12(11-4-2-8-14-11)6-5-10-3-1-7-13-9-10/h1-9,14H. The molecule has 0 saturated heterocycles. The van der Waals surface area contributed by atoms with E-state index >= 15 is 0 Å². The van der Waals surface area contributed by atoms with Gasteiger partial charge in [0.05, 0.1) is 5.69 Å². The highest BCUT2D eigenvalue weighted by atomic mass is 16.1. The average Bonchev–Trinajstić information content (AvgIpc) is 2.81. The molecule has 2 aromatic heterocycles. The number of ketones is 1. The Morgan fingerprint density at radius 1 is 1.33 bits per heavy atom. The van der Waals surface area contributed by atoms with Gasteiger partial charge in [-0.05, 0) is 35.9 Å². The van der Waals surface area contributed by atoms with Gasteiger partial charge in [-0.3, -0.25) is 9.78 Å². The fourth-order valence-corrected chi connectivity index (χ4v) is 1.22. The van der Waals surface area contributed by atoms with Crippen molar-refractivity contribution in [1.29, 1.82) is 0 Å². The highest BCUT2D eigenvalue weighted by Gasteiger charge is 2.00. The second-order valence-electron chi connectivity index (χ2n) is 3.07. The molecule has 0 spiro atoms. The third kappa shape index (κ3) is 2.40. The van der Waals surface area contributed by atoms with E-state index in [1.165, 1.54) is 6.08 Å². The third-order valence-electron chi connectivity index (χ3n) is 1.97. The first kappa shape index (κ1) is 9.40. The van der Waals surface area contributed by atoms with Gasteiger partial charge in [0.2, 0.25) is 5.78 Å². The maximum atomic E-state index is 11.5. The van der Waals surface area contributed by atoms with Gasteiger partial charge in [-0.25, -0.2) is 0 Å². The van der Waals surface area contributed by atoms with Gasteiger partial charge in [0.1, 0.15) is 0 Å². The monoisotopic (exact) mass is 198 g/mol. The molecule has 2 rings (SSSR count). The first-order valence-corrected chi connectivity index (χ1v) is 4.62. The van der Waals surface area contributed by atoms with Crippen molar-refractivity contribution in [2.75, 3.05) is 0 Å². The number of carbonyl (C=O) groups excluding carboxylic acids is 1. The van der Waals surface area contributed by atoms with Crippen LogP contribution >= 0.6 is 0 Å². The Morgan fingerprint density at radius 2 is 2.27 bits per heavy atom. The van der Waals surface area contributed by atoms with Crippen molar-refractivity contribution in [3.8, 4) is 0 Å². The molecule has 0 aliphatic carbocycles. The lowest BCUT2D eigenvalue weighted by molar-refractivity contribution is 0.104. The average molecular weight is 198 g/mol. The number of nitrogens with zero attached hydrogens (tertiary/aromatic N) is 1. The lowest BCUT2D eigenvalue weighted by Crippen LogP contribution is -1.93. The molecule has 0 bridgehead atoms. The number of pyridine rings is 1. The molecule has 0 fully saturated rings. The van der Waals surface area contributed by atoms with Crippen LogP contribution in [0.4, 0.5) is 0 Å². The number of aromatic amines is 1. The fraction of sp³-hybridized carbons (Fsp3) is 0. The summed E-state index contributed by atoms with van der Waals surface area (Å²) < 4.78 is 0. The van der Waals surface area contributed by atoms with Crippen LogP contribution in [0.15, 0.2) is 48.9 Å². The molecule has 0 radical (unpaired) electrons. The van der Waals surface area contributed by atoms with E-state index in [0.717, 1.165) is 5.56 Å². The van der Waals surface area contributed by atoms with Crippen molar-refractivity contribution in [3.63, 3.8) is 0 Å². The number of aromatic nitrogens is 2. The zero-order valence-electron chi connectivity index (χ0n) is 8.05. The molecule has 0 aliphatic rings. The summed E-state index contributed by atoms with van der Waals surface area (Å²) in [6.45, 7) is 0. The normalized spacial score (nSPS) is 10.7. The van der Waals surface area contributed by atoms with Crippen LogP contribution < -0.4 is 0 Å². The van der Waals surface area contributed by atoms with Gasteiger partial charge in [0.15, 0.2) is 0 Å². The second kappa shape index (κ2) is 4.37. The number of hydrogen-bond donors (Lipinski definition) is 1. The van der Waals surface area contributed by atoms with Gasteiger partial charge >= 0.3 is 0 Å². The lowest BCUT2D eigenvalue weighted by atomic mass is 10.2. The van der Waals surface area contributed by atoms with E-state index in [2.05, 4.69) is 9.97 Å². The summed E-state index contributed by atoms with van der Waals surface area (Å²) in [5.74, 6) is -0.0381. The zero-order valence-corrected chi connectivity index (χ0v) is 8.05. The molecule has 0 amide bonds. The van der Waals surface area contributed by atoms with E-state index in [9.17, 15) is 4.79 Å². The molecule has 15 heavy (non-hydrogen) atoms. The van der Waals surface area contributed by atoms with Crippen LogP contribution in [0.3, 0.4) is 0 Å². The molecule has 3 heteroatoms. The molecule has 74 valence electrons. The summed E-state index contributed by atoms with van der Waals surface area (Å²) in [6, 6.07) is 7.27. The third-order valence-corrected chi connectivity index (χ3v) is 1.97. The van der Waals surface area contributed by atoms with Crippen LogP contribution in [-0.4, -0.2) is 15.8 Å². The number of nitrogens with one attached hydrogen (secondary N) is 1. The number of H-pyrrole nitrogens is 1. The summed E-state index contributed by atoms with van der Waals surface area (Å²) in [6.07, 6.45) is 8.41. The fourth-order valence-electron chi connectivity index (χ4n) is 1.22. The Hall–Kier alpha value is -2.16. The minimum Gasteiger partial charge on any atom is -0.359 e.